The number of hydrogen-bond donors (Lipinski definition) is 3. The van der Waals surface area contributed by atoms with E-state index in [-0.39, 0.29) is 18.5 Å². The van der Waals surface area contributed by atoms with Gasteiger partial charge in [-0.2, -0.15) is 0 Å². The Labute approximate surface area is 411 Å². The van der Waals surface area contributed by atoms with Crippen LogP contribution in [0.25, 0.3) is 0 Å². The van der Waals surface area contributed by atoms with E-state index >= 15 is 0 Å². The second kappa shape index (κ2) is 55.9. The van der Waals surface area contributed by atoms with E-state index in [1.165, 1.54) is 238 Å². The maximum atomic E-state index is 12.5. The first kappa shape index (κ1) is 64.3. The van der Waals surface area contributed by atoms with Crippen LogP contribution in [0.1, 0.15) is 322 Å². The number of ether oxygens (including phenoxy) is 1. The smallest absolute Gasteiger partial charge is 0.305 e. The van der Waals surface area contributed by atoms with Gasteiger partial charge < -0.3 is 20.3 Å². The van der Waals surface area contributed by atoms with Crippen molar-refractivity contribution in [2.45, 2.75) is 334 Å². The van der Waals surface area contributed by atoms with Crippen LogP contribution in [0.2, 0.25) is 0 Å². The lowest BCUT2D eigenvalue weighted by Gasteiger charge is -2.20. The molecule has 0 saturated heterocycles. The maximum Gasteiger partial charge on any atom is 0.305 e. The lowest BCUT2D eigenvalue weighted by atomic mass is 10.0. The number of carbonyl (C=O) groups is 2. The number of allylic oxidation sites excluding steroid dienone is 3. The molecule has 0 aliphatic rings. The molecule has 6 nitrogen and oxygen atoms in total. The van der Waals surface area contributed by atoms with E-state index in [4.69, 9.17) is 4.74 Å². The van der Waals surface area contributed by atoms with Gasteiger partial charge in [0.1, 0.15) is 0 Å². The van der Waals surface area contributed by atoms with Crippen molar-refractivity contribution in [2.24, 2.45) is 0 Å². The minimum Gasteiger partial charge on any atom is -0.466 e. The zero-order valence-corrected chi connectivity index (χ0v) is 44.4. The Hall–Kier alpha value is -1.66. The predicted molar refractivity (Wildman–Crippen MR) is 287 cm³/mol. The predicted octanol–water partition coefficient (Wildman–Crippen LogP) is 18.2. The van der Waals surface area contributed by atoms with E-state index in [1.807, 2.05) is 6.08 Å². The molecule has 0 aliphatic carbocycles. The fourth-order valence-corrected chi connectivity index (χ4v) is 9.16. The van der Waals surface area contributed by atoms with Crippen LogP contribution < -0.4 is 5.32 Å². The molecule has 0 aromatic heterocycles. The molecule has 0 aromatic carbocycles. The highest BCUT2D eigenvalue weighted by molar-refractivity contribution is 5.76. The normalized spacial score (nSPS) is 12.7. The highest BCUT2D eigenvalue weighted by Gasteiger charge is 2.18. The van der Waals surface area contributed by atoms with Gasteiger partial charge >= 0.3 is 5.97 Å². The third-order valence-electron chi connectivity index (χ3n) is 13.7. The zero-order valence-electron chi connectivity index (χ0n) is 44.4. The zero-order chi connectivity index (χ0) is 47.9. The number of amides is 1. The van der Waals surface area contributed by atoms with Gasteiger partial charge in [0.25, 0.3) is 0 Å². The van der Waals surface area contributed by atoms with Gasteiger partial charge in [-0.25, -0.2) is 0 Å². The average Bonchev–Trinajstić information content (AvgIpc) is 3.32. The number of carbonyl (C=O) groups excluding carboxylic acids is 2. The summed E-state index contributed by atoms with van der Waals surface area (Å²) in [6.07, 6.45) is 67.7. The van der Waals surface area contributed by atoms with Crippen LogP contribution in [0.4, 0.5) is 0 Å². The highest BCUT2D eigenvalue weighted by Crippen LogP contribution is 2.17. The van der Waals surface area contributed by atoms with Crippen LogP contribution in [0.3, 0.4) is 0 Å². The number of unbranched alkanes of at least 4 members (excludes halogenated alkanes) is 42. The van der Waals surface area contributed by atoms with Gasteiger partial charge in [-0.1, -0.05) is 276 Å². The van der Waals surface area contributed by atoms with Gasteiger partial charge in [0.05, 0.1) is 25.4 Å². The molecule has 2 atom stereocenters. The summed E-state index contributed by atoms with van der Waals surface area (Å²) >= 11 is 0. The molecule has 0 aromatic rings. The molecule has 1 amide bonds. The molecule has 0 saturated carbocycles. The van der Waals surface area contributed by atoms with Crippen molar-refractivity contribution >= 4 is 11.9 Å². The van der Waals surface area contributed by atoms with Crippen molar-refractivity contribution in [2.75, 3.05) is 13.2 Å². The maximum absolute atomic E-state index is 12.5. The number of esters is 1. The SMILES string of the molecule is CCCCCCCCC/C=C\CCCCCCCC(=O)OCCCCCCCCCCCC(=O)NC(CO)C(O)/C=C/CCCCCCCCCCCCCCCCCCCCCCCC. The van der Waals surface area contributed by atoms with E-state index < -0.39 is 12.1 Å². The third-order valence-corrected chi connectivity index (χ3v) is 13.7. The van der Waals surface area contributed by atoms with Crippen molar-refractivity contribution in [3.8, 4) is 0 Å². The van der Waals surface area contributed by atoms with E-state index in [2.05, 4.69) is 31.3 Å². The number of hydrogen-bond acceptors (Lipinski definition) is 5. The molecule has 0 rings (SSSR count). The van der Waals surface area contributed by atoms with Crippen LogP contribution in [0.5, 0.6) is 0 Å². The van der Waals surface area contributed by atoms with Crippen molar-refractivity contribution in [3.05, 3.63) is 24.3 Å². The van der Waals surface area contributed by atoms with Crippen molar-refractivity contribution in [1.29, 1.82) is 0 Å². The molecule has 66 heavy (non-hydrogen) atoms. The first-order valence-corrected chi connectivity index (χ1v) is 29.6. The quantitative estimate of drug-likeness (QED) is 0.0321. The van der Waals surface area contributed by atoms with E-state index in [0.29, 0.717) is 19.4 Å². The van der Waals surface area contributed by atoms with Gasteiger partial charge in [-0.05, 0) is 57.8 Å². The van der Waals surface area contributed by atoms with Gasteiger partial charge in [0.15, 0.2) is 0 Å². The molecule has 3 N–H and O–H groups in total. The standard InChI is InChI=1S/C60H115NO5/c1-3-5-7-9-11-13-15-17-19-21-22-23-24-25-26-27-28-29-31-33-36-40-44-48-52-58(63)57(56-62)61-59(64)53-49-45-41-37-35-39-43-47-51-55-66-60(65)54-50-46-42-38-34-32-30-20-18-16-14-12-10-8-6-4-2/h20,30,48,52,57-58,62-63H,3-19,21-29,31-47,49-51,53-56H2,1-2H3,(H,61,64)/b30-20-,52-48+. The van der Waals surface area contributed by atoms with Crippen LogP contribution in [0.15, 0.2) is 24.3 Å². The fraction of sp³-hybridized carbons (Fsp3) is 0.900. The fourth-order valence-electron chi connectivity index (χ4n) is 9.16. The molecular formula is C60H115NO5. The summed E-state index contributed by atoms with van der Waals surface area (Å²) in [5.41, 5.74) is 0. The topological polar surface area (TPSA) is 95.9 Å². The Bertz CT molecular complexity index is 1030. The number of nitrogens with one attached hydrogen (secondary N) is 1. The Morgan fingerprint density at radius 3 is 1.08 bits per heavy atom. The molecule has 6 heteroatoms. The second-order valence-electron chi connectivity index (χ2n) is 20.3. The summed E-state index contributed by atoms with van der Waals surface area (Å²) in [5, 5.41) is 23.2. The molecule has 390 valence electrons. The average molecular weight is 931 g/mol. The summed E-state index contributed by atoms with van der Waals surface area (Å²) in [4.78, 5) is 24.6. The molecule has 0 fully saturated rings. The monoisotopic (exact) mass is 930 g/mol. The Morgan fingerprint density at radius 1 is 0.409 bits per heavy atom. The first-order chi connectivity index (χ1) is 32.5. The van der Waals surface area contributed by atoms with Crippen molar-refractivity contribution < 1.29 is 24.5 Å². The van der Waals surface area contributed by atoms with Gasteiger partial charge in [-0.15, -0.1) is 0 Å². The Kier molecular flexibility index (Phi) is 54.5. The molecule has 2 unspecified atom stereocenters. The molecular weight excluding hydrogens is 815 g/mol. The molecule has 0 bridgehead atoms. The Morgan fingerprint density at radius 2 is 0.712 bits per heavy atom. The van der Waals surface area contributed by atoms with Crippen LogP contribution >= 0.6 is 0 Å². The summed E-state index contributed by atoms with van der Waals surface area (Å²) in [5.74, 6) is -0.127. The van der Waals surface area contributed by atoms with E-state index in [0.717, 1.165) is 57.8 Å². The van der Waals surface area contributed by atoms with Gasteiger partial charge in [-0.3, -0.25) is 9.59 Å². The van der Waals surface area contributed by atoms with Gasteiger partial charge in [0.2, 0.25) is 5.91 Å². The summed E-state index contributed by atoms with van der Waals surface area (Å²) in [6, 6.07) is -0.649. The van der Waals surface area contributed by atoms with E-state index in [9.17, 15) is 19.8 Å². The lowest BCUT2D eigenvalue weighted by Crippen LogP contribution is -2.45. The lowest BCUT2D eigenvalue weighted by molar-refractivity contribution is -0.143. The first-order valence-electron chi connectivity index (χ1n) is 29.6. The number of rotatable bonds is 55. The molecule has 0 spiro atoms. The highest BCUT2D eigenvalue weighted by atomic mass is 16.5. The third kappa shape index (κ3) is 51.7. The van der Waals surface area contributed by atoms with Crippen molar-refractivity contribution in [3.63, 3.8) is 0 Å². The molecule has 0 radical (unpaired) electrons. The van der Waals surface area contributed by atoms with Gasteiger partial charge in [0, 0.05) is 12.8 Å². The largest absolute Gasteiger partial charge is 0.466 e. The molecule has 0 heterocycles. The minimum atomic E-state index is -0.863. The van der Waals surface area contributed by atoms with Crippen molar-refractivity contribution in [1.82, 2.24) is 5.32 Å². The number of aliphatic hydroxyl groups is 2. The minimum absolute atomic E-state index is 0.0338. The summed E-state index contributed by atoms with van der Waals surface area (Å²) in [7, 11) is 0. The second-order valence-corrected chi connectivity index (χ2v) is 20.3. The van der Waals surface area contributed by atoms with Crippen LogP contribution in [0, 0.1) is 0 Å². The number of aliphatic hydroxyl groups excluding tert-OH is 2. The van der Waals surface area contributed by atoms with Crippen LogP contribution in [-0.4, -0.2) is 47.4 Å². The summed E-state index contributed by atoms with van der Waals surface area (Å²) < 4.78 is 5.46. The Balaban J connectivity index is 3.51. The van der Waals surface area contributed by atoms with Crippen LogP contribution in [-0.2, 0) is 14.3 Å². The summed E-state index contributed by atoms with van der Waals surface area (Å²) in [6.45, 7) is 4.85. The van der Waals surface area contributed by atoms with E-state index in [1.54, 1.807) is 6.08 Å². The molecule has 0 aliphatic heterocycles.